The first-order valence-corrected chi connectivity index (χ1v) is 5.42. The van der Waals surface area contributed by atoms with Crippen molar-refractivity contribution in [2.75, 3.05) is 23.9 Å². The molecule has 82 valence electrons. The Labute approximate surface area is 90.6 Å². The van der Waals surface area contributed by atoms with Crippen LogP contribution in [0.5, 0.6) is 0 Å². The zero-order chi connectivity index (χ0) is 11.4. The van der Waals surface area contributed by atoms with Crippen LogP contribution in [0.15, 0.2) is 5.16 Å². The van der Waals surface area contributed by atoms with E-state index in [0.29, 0.717) is 11.7 Å². The number of nitrogens with one attached hydrogen (secondary N) is 1. The standard InChI is InChI=1S/C7H11N5O2S/c1-3-9-6-4(12(13)14)5(8)10-7(11-6)15-2/h3H2,1-2H3,(H3,8,9,10,11). The van der Waals surface area contributed by atoms with Crippen molar-refractivity contribution in [3.05, 3.63) is 10.1 Å². The van der Waals surface area contributed by atoms with E-state index in [4.69, 9.17) is 5.73 Å². The molecule has 0 aromatic carbocycles. The minimum Gasteiger partial charge on any atom is -0.378 e. The zero-order valence-corrected chi connectivity index (χ0v) is 9.17. The highest BCUT2D eigenvalue weighted by Crippen LogP contribution is 2.29. The molecule has 0 saturated carbocycles. The van der Waals surface area contributed by atoms with Crippen molar-refractivity contribution < 1.29 is 4.92 Å². The van der Waals surface area contributed by atoms with Crippen molar-refractivity contribution in [2.45, 2.75) is 12.1 Å². The summed E-state index contributed by atoms with van der Waals surface area (Å²) >= 11 is 1.28. The number of hydrogen-bond acceptors (Lipinski definition) is 7. The van der Waals surface area contributed by atoms with Gasteiger partial charge in [0, 0.05) is 6.54 Å². The fourth-order valence-corrected chi connectivity index (χ4v) is 1.39. The van der Waals surface area contributed by atoms with E-state index in [2.05, 4.69) is 15.3 Å². The van der Waals surface area contributed by atoms with Gasteiger partial charge in [0.15, 0.2) is 5.16 Å². The van der Waals surface area contributed by atoms with Crippen LogP contribution in [0.3, 0.4) is 0 Å². The third-order valence-electron chi connectivity index (χ3n) is 1.60. The number of hydrogen-bond donors (Lipinski definition) is 2. The summed E-state index contributed by atoms with van der Waals surface area (Å²) in [7, 11) is 0. The molecule has 0 bridgehead atoms. The van der Waals surface area contributed by atoms with E-state index in [1.165, 1.54) is 11.8 Å². The third-order valence-corrected chi connectivity index (χ3v) is 2.15. The molecule has 7 nitrogen and oxygen atoms in total. The Morgan fingerprint density at radius 2 is 2.27 bits per heavy atom. The molecule has 1 rings (SSSR count). The lowest BCUT2D eigenvalue weighted by molar-refractivity contribution is -0.383. The van der Waals surface area contributed by atoms with Crippen molar-refractivity contribution in [2.24, 2.45) is 0 Å². The fraction of sp³-hybridized carbons (Fsp3) is 0.429. The van der Waals surface area contributed by atoms with Gasteiger partial charge in [-0.3, -0.25) is 10.1 Å². The van der Waals surface area contributed by atoms with Crippen LogP contribution < -0.4 is 11.1 Å². The average Bonchev–Trinajstić information content (AvgIpc) is 2.16. The number of rotatable bonds is 4. The molecule has 0 aliphatic rings. The molecule has 1 heterocycles. The maximum absolute atomic E-state index is 10.7. The van der Waals surface area contributed by atoms with Gasteiger partial charge in [0.1, 0.15) is 0 Å². The molecule has 0 fully saturated rings. The first-order chi connectivity index (χ1) is 7.10. The number of nitrogens with zero attached hydrogens (tertiary/aromatic N) is 3. The van der Waals surface area contributed by atoms with Gasteiger partial charge in [0.2, 0.25) is 11.6 Å². The second-order valence-electron chi connectivity index (χ2n) is 2.58. The summed E-state index contributed by atoms with van der Waals surface area (Å²) in [5.41, 5.74) is 5.21. The molecule has 1 aromatic rings. The summed E-state index contributed by atoms with van der Waals surface area (Å²) in [6, 6.07) is 0. The lowest BCUT2D eigenvalue weighted by Crippen LogP contribution is -2.08. The monoisotopic (exact) mass is 229 g/mol. The summed E-state index contributed by atoms with van der Waals surface area (Å²) in [6.45, 7) is 2.35. The van der Waals surface area contributed by atoms with E-state index < -0.39 is 4.92 Å². The number of nitro groups is 1. The number of nitrogens with two attached hydrogens (primary N) is 1. The average molecular weight is 229 g/mol. The number of anilines is 2. The zero-order valence-electron chi connectivity index (χ0n) is 8.35. The van der Waals surface area contributed by atoms with E-state index in [1.54, 1.807) is 6.26 Å². The Kier molecular flexibility index (Phi) is 3.67. The molecule has 0 atom stereocenters. The van der Waals surface area contributed by atoms with Crippen LogP contribution in [0.4, 0.5) is 17.3 Å². The van der Waals surface area contributed by atoms with Gasteiger partial charge in [-0.2, -0.15) is 9.97 Å². The Hall–Kier alpha value is -1.57. The normalized spacial score (nSPS) is 10.0. The van der Waals surface area contributed by atoms with Crippen LogP contribution in [0.25, 0.3) is 0 Å². The maximum atomic E-state index is 10.7. The van der Waals surface area contributed by atoms with Gasteiger partial charge < -0.3 is 11.1 Å². The molecule has 3 N–H and O–H groups in total. The molecule has 0 spiro atoms. The van der Waals surface area contributed by atoms with Crippen molar-refractivity contribution in [3.63, 3.8) is 0 Å². The van der Waals surface area contributed by atoms with Crippen molar-refractivity contribution in [3.8, 4) is 0 Å². The summed E-state index contributed by atoms with van der Waals surface area (Å²) in [5, 5.41) is 13.9. The molecule has 0 amide bonds. The molecule has 1 aromatic heterocycles. The van der Waals surface area contributed by atoms with Crippen LogP contribution in [0.1, 0.15) is 6.92 Å². The molecule has 0 aliphatic carbocycles. The highest BCUT2D eigenvalue weighted by molar-refractivity contribution is 7.98. The summed E-state index contributed by atoms with van der Waals surface area (Å²) in [4.78, 5) is 17.9. The number of thioether (sulfide) groups is 1. The van der Waals surface area contributed by atoms with Gasteiger partial charge in [0.05, 0.1) is 4.92 Å². The van der Waals surface area contributed by atoms with Crippen LogP contribution in [0.2, 0.25) is 0 Å². The SMILES string of the molecule is CCNc1nc(SC)nc(N)c1[N+](=O)[O-]. The predicted octanol–water partition coefficient (Wildman–Crippen LogP) is 1.12. The van der Waals surface area contributed by atoms with E-state index in [1.807, 2.05) is 6.92 Å². The fourth-order valence-electron chi connectivity index (χ4n) is 1.01. The predicted molar refractivity (Wildman–Crippen MR) is 59.0 cm³/mol. The van der Waals surface area contributed by atoms with Crippen molar-refractivity contribution in [1.29, 1.82) is 0 Å². The molecular formula is C7H11N5O2S. The molecular weight excluding hydrogens is 218 g/mol. The van der Waals surface area contributed by atoms with Gasteiger partial charge in [0.25, 0.3) is 0 Å². The van der Waals surface area contributed by atoms with Crippen molar-refractivity contribution in [1.82, 2.24) is 9.97 Å². The van der Waals surface area contributed by atoms with Crippen LogP contribution in [0, 0.1) is 10.1 Å². The maximum Gasteiger partial charge on any atom is 0.353 e. The van der Waals surface area contributed by atoms with Gasteiger partial charge in [-0.05, 0) is 13.2 Å². The van der Waals surface area contributed by atoms with Crippen LogP contribution >= 0.6 is 11.8 Å². The van der Waals surface area contributed by atoms with Gasteiger partial charge in [-0.15, -0.1) is 0 Å². The number of nitrogen functional groups attached to an aromatic ring is 1. The van der Waals surface area contributed by atoms with Gasteiger partial charge >= 0.3 is 5.69 Å². The van der Waals surface area contributed by atoms with E-state index >= 15 is 0 Å². The molecule has 15 heavy (non-hydrogen) atoms. The number of aromatic nitrogens is 2. The largest absolute Gasteiger partial charge is 0.378 e. The lowest BCUT2D eigenvalue weighted by atomic mass is 10.4. The summed E-state index contributed by atoms with van der Waals surface area (Å²) in [6.07, 6.45) is 1.77. The van der Waals surface area contributed by atoms with E-state index in [0.717, 1.165) is 0 Å². The smallest absolute Gasteiger partial charge is 0.353 e. The highest BCUT2D eigenvalue weighted by Gasteiger charge is 2.22. The third kappa shape index (κ3) is 2.46. The first-order valence-electron chi connectivity index (χ1n) is 4.19. The van der Waals surface area contributed by atoms with Gasteiger partial charge in [-0.1, -0.05) is 11.8 Å². The Morgan fingerprint density at radius 1 is 1.60 bits per heavy atom. The topological polar surface area (TPSA) is 107 Å². The van der Waals surface area contributed by atoms with E-state index in [9.17, 15) is 10.1 Å². The first kappa shape index (κ1) is 11.5. The lowest BCUT2D eigenvalue weighted by Gasteiger charge is -2.06. The Morgan fingerprint density at radius 3 is 2.73 bits per heavy atom. The molecule has 0 aliphatic heterocycles. The molecule has 8 heteroatoms. The second-order valence-corrected chi connectivity index (χ2v) is 3.35. The second kappa shape index (κ2) is 4.78. The minimum absolute atomic E-state index is 0.115. The van der Waals surface area contributed by atoms with Crippen LogP contribution in [-0.4, -0.2) is 27.7 Å². The minimum atomic E-state index is -0.586. The molecule has 0 radical (unpaired) electrons. The Bertz CT molecular complexity index is 384. The molecule has 0 unspecified atom stereocenters. The van der Waals surface area contributed by atoms with Crippen LogP contribution in [-0.2, 0) is 0 Å². The highest BCUT2D eigenvalue weighted by atomic mass is 32.2. The van der Waals surface area contributed by atoms with Crippen molar-refractivity contribution >= 4 is 29.1 Å². The Balaban J connectivity index is 3.28. The quantitative estimate of drug-likeness (QED) is 0.345. The van der Waals surface area contributed by atoms with Gasteiger partial charge in [-0.25, -0.2) is 0 Å². The summed E-state index contributed by atoms with van der Waals surface area (Å²) < 4.78 is 0. The molecule has 0 saturated heterocycles. The van der Waals surface area contributed by atoms with E-state index in [-0.39, 0.29) is 17.3 Å². The summed E-state index contributed by atoms with van der Waals surface area (Å²) in [5.74, 6) is 0.0506.